The minimum Gasteiger partial charge on any atom is -0.480 e. The number of nitrogens with one attached hydrogen (secondary N) is 3. The van der Waals surface area contributed by atoms with E-state index in [0.717, 1.165) is 12.0 Å². The molecule has 0 radical (unpaired) electrons. The quantitative estimate of drug-likeness (QED) is 0.301. The monoisotopic (exact) mass is 448 g/mol. The molecule has 9 nitrogen and oxygen atoms in total. The second-order valence-corrected chi connectivity index (χ2v) is 8.15. The molecule has 5 atom stereocenters. The molecule has 0 fully saturated rings. The fourth-order valence-corrected chi connectivity index (χ4v) is 3.04. The molecule has 3 amide bonds. The van der Waals surface area contributed by atoms with Crippen LogP contribution in [0.25, 0.3) is 0 Å². The Morgan fingerprint density at radius 3 is 2.06 bits per heavy atom. The van der Waals surface area contributed by atoms with E-state index in [-0.39, 0.29) is 18.3 Å². The van der Waals surface area contributed by atoms with Crippen LogP contribution in [0.5, 0.6) is 0 Å². The van der Waals surface area contributed by atoms with Crippen molar-refractivity contribution in [3.8, 4) is 0 Å². The Morgan fingerprint density at radius 1 is 0.938 bits per heavy atom. The van der Waals surface area contributed by atoms with Crippen LogP contribution in [0, 0.1) is 11.8 Å². The molecule has 0 aliphatic heterocycles. The van der Waals surface area contributed by atoms with Gasteiger partial charge in [-0.05, 0) is 17.4 Å². The van der Waals surface area contributed by atoms with Crippen molar-refractivity contribution in [3.63, 3.8) is 0 Å². The zero-order valence-corrected chi connectivity index (χ0v) is 19.3. The van der Waals surface area contributed by atoms with Crippen molar-refractivity contribution >= 4 is 23.7 Å². The molecule has 0 aromatic heterocycles. The number of aliphatic carboxylic acids is 1. The van der Waals surface area contributed by atoms with Gasteiger partial charge >= 0.3 is 5.97 Å². The van der Waals surface area contributed by atoms with Crippen LogP contribution in [0.3, 0.4) is 0 Å². The fraction of sp³-hybridized carbons (Fsp3) is 0.565. The number of carboxylic acids is 1. The van der Waals surface area contributed by atoms with Gasteiger partial charge in [0.15, 0.2) is 0 Å². The molecule has 0 unspecified atom stereocenters. The fourth-order valence-electron chi connectivity index (χ4n) is 3.04. The first-order chi connectivity index (χ1) is 15.1. The van der Waals surface area contributed by atoms with E-state index in [1.807, 2.05) is 33.8 Å². The van der Waals surface area contributed by atoms with E-state index in [4.69, 9.17) is 5.73 Å². The smallest absolute Gasteiger partial charge is 0.326 e. The van der Waals surface area contributed by atoms with E-state index in [1.165, 1.54) is 0 Å². The maximum absolute atomic E-state index is 12.7. The largest absolute Gasteiger partial charge is 0.480 e. The number of carbonyl (C=O) groups is 4. The molecule has 0 heterocycles. The maximum atomic E-state index is 12.7. The van der Waals surface area contributed by atoms with E-state index < -0.39 is 48.4 Å². The molecule has 1 aromatic carbocycles. The van der Waals surface area contributed by atoms with E-state index in [0.29, 0.717) is 6.42 Å². The van der Waals surface area contributed by atoms with E-state index in [2.05, 4.69) is 16.0 Å². The molecule has 0 aliphatic carbocycles. The molecule has 1 rings (SSSR count). The summed E-state index contributed by atoms with van der Waals surface area (Å²) in [6.07, 6.45) is 1.47. The summed E-state index contributed by atoms with van der Waals surface area (Å²) in [4.78, 5) is 48.9. The van der Waals surface area contributed by atoms with Crippen LogP contribution in [0.4, 0.5) is 0 Å². The first kappa shape index (κ1) is 27.1. The van der Waals surface area contributed by atoms with Crippen molar-refractivity contribution in [2.45, 2.75) is 65.1 Å². The highest BCUT2D eigenvalue weighted by Gasteiger charge is 2.30. The summed E-state index contributed by atoms with van der Waals surface area (Å²) in [5, 5.41) is 17.0. The Labute approximate surface area is 189 Å². The Bertz CT molecular complexity index is 771. The van der Waals surface area contributed by atoms with Crippen molar-refractivity contribution < 1.29 is 24.3 Å². The number of hydrogen-bond acceptors (Lipinski definition) is 5. The molecular formula is C23H36N4O5. The standard InChI is InChI=1S/C23H36N4O5/c1-5-14(3)19(24)21(29)27-20(15(4)6-2)22(30)25-13-18(28)26-17(23(31)32)12-16-10-8-7-9-11-16/h7-11,14-15,17,19-20H,5-6,12-13,24H2,1-4H3,(H,25,30)(H,26,28)(H,27,29)(H,31,32)/t14-,15-,17-,19-,20-/m0/s1. The van der Waals surface area contributed by atoms with Gasteiger partial charge in [-0.25, -0.2) is 4.79 Å². The maximum Gasteiger partial charge on any atom is 0.326 e. The molecule has 6 N–H and O–H groups in total. The lowest BCUT2D eigenvalue weighted by Crippen LogP contribution is -2.56. The summed E-state index contributed by atoms with van der Waals surface area (Å²) in [7, 11) is 0. The van der Waals surface area contributed by atoms with Crippen LogP contribution in [0.2, 0.25) is 0 Å². The SMILES string of the molecule is CC[C@H](C)[C@H](N)C(=O)N[C@H](C(=O)NCC(=O)N[C@@H](Cc1ccccc1)C(=O)O)[C@@H](C)CC. The van der Waals surface area contributed by atoms with Gasteiger partial charge in [-0.1, -0.05) is 70.9 Å². The highest BCUT2D eigenvalue weighted by Crippen LogP contribution is 2.11. The van der Waals surface area contributed by atoms with Crippen molar-refractivity contribution in [1.82, 2.24) is 16.0 Å². The highest BCUT2D eigenvalue weighted by atomic mass is 16.4. The number of carboxylic acid groups (broad SMARTS) is 1. The number of amides is 3. The Hall–Kier alpha value is -2.94. The Balaban J connectivity index is 2.70. The van der Waals surface area contributed by atoms with Crippen molar-refractivity contribution in [3.05, 3.63) is 35.9 Å². The van der Waals surface area contributed by atoms with Crippen LogP contribution in [-0.2, 0) is 25.6 Å². The average Bonchev–Trinajstić information content (AvgIpc) is 2.79. The van der Waals surface area contributed by atoms with Gasteiger partial charge in [0.25, 0.3) is 0 Å². The van der Waals surface area contributed by atoms with Crippen LogP contribution in [-0.4, -0.2) is 53.5 Å². The lowest BCUT2D eigenvalue weighted by atomic mass is 9.95. The van der Waals surface area contributed by atoms with Crippen molar-refractivity contribution in [1.29, 1.82) is 0 Å². The number of carbonyl (C=O) groups excluding carboxylic acids is 3. The third kappa shape index (κ3) is 8.66. The normalized spacial score (nSPS) is 15.5. The summed E-state index contributed by atoms with van der Waals surface area (Å²) in [5.41, 5.74) is 6.73. The van der Waals surface area contributed by atoms with E-state index in [9.17, 15) is 24.3 Å². The molecule has 178 valence electrons. The van der Waals surface area contributed by atoms with Gasteiger partial charge < -0.3 is 26.8 Å². The summed E-state index contributed by atoms with van der Waals surface area (Å²) in [5.74, 6) is -2.97. The summed E-state index contributed by atoms with van der Waals surface area (Å²) < 4.78 is 0. The molecule has 9 heteroatoms. The van der Waals surface area contributed by atoms with Gasteiger partial charge in [0, 0.05) is 6.42 Å². The minimum atomic E-state index is -1.17. The summed E-state index contributed by atoms with van der Waals surface area (Å²) in [6.45, 7) is 7.09. The lowest BCUT2D eigenvalue weighted by Gasteiger charge is -2.26. The first-order valence-corrected chi connectivity index (χ1v) is 11.0. The second kappa shape index (κ2) is 13.5. The van der Waals surface area contributed by atoms with Crippen LogP contribution < -0.4 is 21.7 Å². The molecule has 32 heavy (non-hydrogen) atoms. The van der Waals surface area contributed by atoms with Crippen LogP contribution in [0.15, 0.2) is 30.3 Å². The van der Waals surface area contributed by atoms with Gasteiger partial charge in [-0.3, -0.25) is 14.4 Å². The Kier molecular flexibility index (Phi) is 11.4. The zero-order valence-electron chi connectivity index (χ0n) is 19.3. The van der Waals surface area contributed by atoms with E-state index in [1.54, 1.807) is 24.3 Å². The van der Waals surface area contributed by atoms with Gasteiger partial charge in [-0.2, -0.15) is 0 Å². The van der Waals surface area contributed by atoms with Gasteiger partial charge in [0.05, 0.1) is 12.6 Å². The zero-order chi connectivity index (χ0) is 24.3. The highest BCUT2D eigenvalue weighted by molar-refractivity contribution is 5.92. The van der Waals surface area contributed by atoms with Crippen molar-refractivity contribution in [2.75, 3.05) is 6.54 Å². The third-order valence-corrected chi connectivity index (χ3v) is 5.69. The third-order valence-electron chi connectivity index (χ3n) is 5.69. The number of benzene rings is 1. The molecule has 0 saturated heterocycles. The lowest BCUT2D eigenvalue weighted by molar-refractivity contribution is -0.141. The predicted molar refractivity (Wildman–Crippen MR) is 122 cm³/mol. The molecule has 1 aromatic rings. The molecular weight excluding hydrogens is 412 g/mol. The van der Waals surface area contributed by atoms with Crippen LogP contribution in [0.1, 0.15) is 46.1 Å². The average molecular weight is 449 g/mol. The van der Waals surface area contributed by atoms with Crippen molar-refractivity contribution in [2.24, 2.45) is 17.6 Å². The predicted octanol–water partition coefficient (Wildman–Crippen LogP) is 0.819. The Morgan fingerprint density at radius 2 is 1.53 bits per heavy atom. The minimum absolute atomic E-state index is 0.0426. The molecule has 0 saturated carbocycles. The summed E-state index contributed by atoms with van der Waals surface area (Å²) in [6, 6.07) is 6.21. The topological polar surface area (TPSA) is 151 Å². The summed E-state index contributed by atoms with van der Waals surface area (Å²) >= 11 is 0. The first-order valence-electron chi connectivity index (χ1n) is 11.0. The van der Waals surface area contributed by atoms with Gasteiger partial charge in [0.2, 0.25) is 17.7 Å². The molecule has 0 spiro atoms. The van der Waals surface area contributed by atoms with Gasteiger partial charge in [-0.15, -0.1) is 0 Å². The number of hydrogen-bond donors (Lipinski definition) is 5. The number of rotatable bonds is 13. The molecule has 0 aliphatic rings. The van der Waals surface area contributed by atoms with E-state index >= 15 is 0 Å². The van der Waals surface area contributed by atoms with Gasteiger partial charge in [0.1, 0.15) is 12.1 Å². The van der Waals surface area contributed by atoms with Crippen LogP contribution >= 0.6 is 0 Å². The second-order valence-electron chi connectivity index (χ2n) is 8.15. The molecule has 0 bridgehead atoms. The number of nitrogens with two attached hydrogens (primary N) is 1.